The van der Waals surface area contributed by atoms with Crippen LogP contribution < -0.4 is 4.74 Å². The fourth-order valence-electron chi connectivity index (χ4n) is 8.21. The molecule has 1 saturated heterocycles. The summed E-state index contributed by atoms with van der Waals surface area (Å²) in [5.74, 6) is 0.439. The highest BCUT2D eigenvalue weighted by atomic mass is 19.1. The van der Waals surface area contributed by atoms with E-state index < -0.39 is 11.0 Å². The van der Waals surface area contributed by atoms with Gasteiger partial charge in [-0.15, -0.1) is 0 Å². The van der Waals surface area contributed by atoms with Gasteiger partial charge in [-0.05, 0) is 68.1 Å². The lowest BCUT2D eigenvalue weighted by atomic mass is 9.58. The molecule has 3 aromatic rings. The second-order valence-electron chi connectivity index (χ2n) is 10.6. The number of aromatic nitrogens is 1. The Morgan fingerprint density at radius 1 is 1.25 bits per heavy atom. The molecule has 1 spiro atoms. The molecule has 1 aromatic heterocycles. The lowest BCUT2D eigenvalue weighted by Crippen LogP contribution is -2.60. The molecule has 4 heterocycles. The molecule has 0 bridgehead atoms. The Kier molecular flexibility index (Phi) is 2.89. The maximum Gasteiger partial charge on any atom is 0.166 e. The standard InChI is InChI=1S/C26H25FN2O3/c1-12-5-6-18(30)22-19(12)25-11-17-23(28(17)2)26(25,31)10-16-15-9-14(27)8-13-4-3-7-29(20(13)15)21(16)24(25)32-22/h5-6,8-9,17,23-24,30-31H,3-4,7,10-11H2,1-2H3/t17?,23-,24+,25+,26-,28?/m1/s1. The highest BCUT2D eigenvalue weighted by molar-refractivity contribution is 5.90. The summed E-state index contributed by atoms with van der Waals surface area (Å²) < 4.78 is 23.6. The minimum absolute atomic E-state index is 0.0472. The van der Waals surface area contributed by atoms with Crippen LogP contribution in [0.1, 0.15) is 46.9 Å². The first-order chi connectivity index (χ1) is 15.4. The normalized spacial score (nSPS) is 37.4. The van der Waals surface area contributed by atoms with Gasteiger partial charge in [0.05, 0.1) is 28.3 Å². The van der Waals surface area contributed by atoms with Crippen LogP contribution in [0.25, 0.3) is 10.9 Å². The first kappa shape index (κ1) is 17.9. The average Bonchev–Trinajstić information content (AvgIpc) is 3.04. The van der Waals surface area contributed by atoms with Crippen molar-refractivity contribution in [1.82, 2.24) is 9.47 Å². The maximum atomic E-state index is 14.6. The van der Waals surface area contributed by atoms with Gasteiger partial charge < -0.3 is 19.5 Å². The van der Waals surface area contributed by atoms with Crippen LogP contribution in [0.15, 0.2) is 24.3 Å². The van der Waals surface area contributed by atoms with Crippen molar-refractivity contribution in [1.29, 1.82) is 0 Å². The van der Waals surface area contributed by atoms with Crippen LogP contribution in [0.4, 0.5) is 4.39 Å². The number of fused-ring (bicyclic) bond motifs is 7. The quantitative estimate of drug-likeness (QED) is 0.534. The monoisotopic (exact) mass is 432 g/mol. The second kappa shape index (κ2) is 5.15. The predicted molar refractivity (Wildman–Crippen MR) is 117 cm³/mol. The number of piperidine rings is 1. The van der Waals surface area contributed by atoms with E-state index in [-0.39, 0.29) is 23.7 Å². The van der Waals surface area contributed by atoms with E-state index in [0.717, 1.165) is 64.7 Å². The zero-order valence-corrected chi connectivity index (χ0v) is 18.2. The minimum atomic E-state index is -1.03. The number of nitrogens with zero attached hydrogens (tertiary/aromatic N) is 2. The van der Waals surface area contributed by atoms with Crippen molar-refractivity contribution in [3.8, 4) is 11.5 Å². The molecular weight excluding hydrogens is 407 g/mol. The molecule has 164 valence electrons. The number of aliphatic hydroxyl groups is 1. The molecule has 8 rings (SSSR count). The number of ether oxygens (including phenoxy) is 1. The number of aryl methyl sites for hydroxylation is 3. The van der Waals surface area contributed by atoms with Gasteiger partial charge in [-0.2, -0.15) is 0 Å². The number of phenolic OH excluding ortho intramolecular Hbond substituents is 1. The Hall–Kier alpha value is -2.57. The minimum Gasteiger partial charge on any atom is -0.504 e. The number of hydrogen-bond donors (Lipinski definition) is 2. The molecule has 6 heteroatoms. The Bertz CT molecular complexity index is 1400. The zero-order valence-electron chi connectivity index (χ0n) is 18.2. The van der Waals surface area contributed by atoms with Crippen molar-refractivity contribution in [3.63, 3.8) is 0 Å². The Labute approximate surface area is 185 Å². The molecule has 2 unspecified atom stereocenters. The molecular formula is C26H25FN2O3. The van der Waals surface area contributed by atoms with Gasteiger partial charge in [-0.25, -0.2) is 4.39 Å². The summed E-state index contributed by atoms with van der Waals surface area (Å²) >= 11 is 0. The number of phenols is 1. The third-order valence-electron chi connectivity index (χ3n) is 9.38. The summed E-state index contributed by atoms with van der Waals surface area (Å²) in [5.41, 5.74) is 4.62. The van der Waals surface area contributed by atoms with Crippen LogP contribution >= 0.6 is 0 Å². The Balaban J connectivity index is 1.50. The molecule has 2 N–H and O–H groups in total. The predicted octanol–water partition coefficient (Wildman–Crippen LogP) is 3.49. The van der Waals surface area contributed by atoms with E-state index in [4.69, 9.17) is 4.74 Å². The van der Waals surface area contributed by atoms with Gasteiger partial charge in [-0.1, -0.05) is 6.07 Å². The van der Waals surface area contributed by atoms with Gasteiger partial charge in [0, 0.05) is 30.0 Å². The van der Waals surface area contributed by atoms with Gasteiger partial charge in [-0.3, -0.25) is 4.90 Å². The number of likely N-dealkylation sites (N-methyl/N-ethyl adjacent to an activating group) is 1. The Morgan fingerprint density at radius 3 is 2.94 bits per heavy atom. The number of hydrogen-bond acceptors (Lipinski definition) is 4. The number of benzene rings is 2. The summed E-state index contributed by atoms with van der Waals surface area (Å²) in [5, 5.41) is 24.2. The largest absolute Gasteiger partial charge is 0.504 e. The van der Waals surface area contributed by atoms with E-state index in [2.05, 4.69) is 23.4 Å². The van der Waals surface area contributed by atoms with Gasteiger partial charge in [0.2, 0.25) is 0 Å². The van der Waals surface area contributed by atoms with E-state index in [1.807, 2.05) is 6.07 Å². The van der Waals surface area contributed by atoms with Crippen molar-refractivity contribution in [2.45, 2.75) is 68.4 Å². The molecule has 2 aromatic carbocycles. The molecule has 0 radical (unpaired) electrons. The maximum absolute atomic E-state index is 14.6. The summed E-state index contributed by atoms with van der Waals surface area (Å²) in [4.78, 5) is 2.26. The third-order valence-corrected chi connectivity index (χ3v) is 9.38. The van der Waals surface area contributed by atoms with E-state index >= 15 is 0 Å². The summed E-state index contributed by atoms with van der Waals surface area (Å²) in [6.07, 6.45) is 2.72. The van der Waals surface area contributed by atoms with Crippen LogP contribution in [-0.2, 0) is 24.8 Å². The van der Waals surface area contributed by atoms with Gasteiger partial charge in [0.25, 0.3) is 0 Å². The first-order valence-corrected chi connectivity index (χ1v) is 11.6. The van der Waals surface area contributed by atoms with Crippen LogP contribution in [0.5, 0.6) is 11.5 Å². The van der Waals surface area contributed by atoms with Crippen molar-refractivity contribution < 1.29 is 19.3 Å². The summed E-state index contributed by atoms with van der Waals surface area (Å²) in [6.45, 7) is 2.92. The van der Waals surface area contributed by atoms with E-state index in [0.29, 0.717) is 18.2 Å². The van der Waals surface area contributed by atoms with Crippen molar-refractivity contribution >= 4 is 10.9 Å². The van der Waals surface area contributed by atoms with Crippen LogP contribution in [0, 0.1) is 12.7 Å². The Morgan fingerprint density at radius 2 is 2.09 bits per heavy atom. The molecule has 3 aliphatic heterocycles. The second-order valence-corrected chi connectivity index (χ2v) is 10.6. The van der Waals surface area contributed by atoms with Crippen LogP contribution in [-0.4, -0.2) is 44.4 Å². The lowest BCUT2D eigenvalue weighted by molar-refractivity contribution is -0.0850. The molecule has 1 saturated carbocycles. The fraction of sp³-hybridized carbons (Fsp3) is 0.462. The molecule has 6 atom stereocenters. The zero-order chi connectivity index (χ0) is 21.7. The van der Waals surface area contributed by atoms with Crippen molar-refractivity contribution in [2.24, 2.45) is 0 Å². The molecule has 2 fully saturated rings. The fourth-order valence-corrected chi connectivity index (χ4v) is 8.21. The number of halogens is 1. The van der Waals surface area contributed by atoms with Gasteiger partial charge in [0.15, 0.2) is 17.6 Å². The average molecular weight is 432 g/mol. The smallest absolute Gasteiger partial charge is 0.166 e. The van der Waals surface area contributed by atoms with E-state index in [9.17, 15) is 14.6 Å². The third kappa shape index (κ3) is 1.66. The molecule has 32 heavy (non-hydrogen) atoms. The summed E-state index contributed by atoms with van der Waals surface area (Å²) in [6, 6.07) is 7.28. The highest BCUT2D eigenvalue weighted by Gasteiger charge is 2.80. The molecule has 2 aliphatic carbocycles. The molecule has 5 aliphatic rings. The lowest BCUT2D eigenvalue weighted by Gasteiger charge is -2.49. The van der Waals surface area contributed by atoms with Crippen molar-refractivity contribution in [3.05, 3.63) is 58.0 Å². The molecule has 0 amide bonds. The van der Waals surface area contributed by atoms with Gasteiger partial charge in [0.1, 0.15) is 5.82 Å². The SMILES string of the molecule is Cc1ccc(O)c2c1[C@]13CC4[C@@H](N4C)[C@]1(O)Cc1c(n4c5c(cc(F)cc15)CCC4)[C@@H]3O2. The summed E-state index contributed by atoms with van der Waals surface area (Å²) in [7, 11) is 2.08. The highest BCUT2D eigenvalue weighted by Crippen LogP contribution is 2.72. The first-order valence-electron chi connectivity index (χ1n) is 11.6. The van der Waals surface area contributed by atoms with Crippen LogP contribution in [0.3, 0.4) is 0 Å². The molecule has 5 nitrogen and oxygen atoms in total. The number of rotatable bonds is 0. The van der Waals surface area contributed by atoms with Crippen LogP contribution in [0.2, 0.25) is 0 Å². The van der Waals surface area contributed by atoms with Crippen molar-refractivity contribution in [2.75, 3.05) is 7.05 Å². The topological polar surface area (TPSA) is 57.6 Å². The number of likely N-dealkylation sites (tertiary alicyclic amines) is 1. The van der Waals surface area contributed by atoms with E-state index in [1.54, 1.807) is 18.2 Å². The number of aromatic hydroxyl groups is 1. The van der Waals surface area contributed by atoms with Gasteiger partial charge >= 0.3 is 0 Å². The van der Waals surface area contributed by atoms with E-state index in [1.165, 1.54) is 0 Å².